The number of hydrogen-bond donors (Lipinski definition) is 0. The monoisotopic (exact) mass is 362 g/mol. The number of hydrogen-bond acceptors (Lipinski definition) is 3. The summed E-state index contributed by atoms with van der Waals surface area (Å²) in [6.45, 7) is 13.7. The van der Waals surface area contributed by atoms with Gasteiger partial charge in [0.25, 0.3) is 0 Å². The maximum absolute atomic E-state index is 12.5. The number of rotatable bonds is 7. The van der Waals surface area contributed by atoms with E-state index < -0.39 is 8.32 Å². The number of esters is 1. The average molecular weight is 363 g/mol. The summed E-state index contributed by atoms with van der Waals surface area (Å²) in [5.74, 6) is 0.571. The van der Waals surface area contributed by atoms with Crippen LogP contribution in [0.4, 0.5) is 0 Å². The summed E-state index contributed by atoms with van der Waals surface area (Å²) < 4.78 is 11.9. The SMILES string of the molecule is CCOC(=O)C1(CCCCl)CCC(O[Si](C)(C)C(C)(C)C)CC1. The highest BCUT2D eigenvalue weighted by atomic mass is 35.5. The fourth-order valence-electron chi connectivity index (χ4n) is 3.10. The lowest BCUT2D eigenvalue weighted by atomic mass is 9.70. The minimum absolute atomic E-state index is 0.0316. The molecule has 3 nitrogen and oxygen atoms in total. The predicted octanol–water partition coefficient (Wildman–Crippen LogP) is 5.52. The van der Waals surface area contributed by atoms with E-state index in [0.29, 0.717) is 12.5 Å². The van der Waals surface area contributed by atoms with Gasteiger partial charge in [0.05, 0.1) is 12.0 Å². The van der Waals surface area contributed by atoms with Crippen molar-refractivity contribution in [3.63, 3.8) is 0 Å². The summed E-state index contributed by atoms with van der Waals surface area (Å²) in [5, 5.41) is 0.224. The number of carbonyl (C=O) groups is 1. The number of alkyl halides is 1. The van der Waals surface area contributed by atoms with E-state index in [1.807, 2.05) is 6.92 Å². The van der Waals surface area contributed by atoms with Gasteiger partial charge in [-0.25, -0.2) is 0 Å². The highest BCUT2D eigenvalue weighted by Gasteiger charge is 2.45. The second-order valence-corrected chi connectivity index (χ2v) is 13.5. The molecule has 0 aromatic heterocycles. The summed E-state index contributed by atoms with van der Waals surface area (Å²) in [5.41, 5.74) is -0.335. The lowest BCUT2D eigenvalue weighted by Crippen LogP contribution is -2.46. The van der Waals surface area contributed by atoms with E-state index in [4.69, 9.17) is 20.8 Å². The highest BCUT2D eigenvalue weighted by molar-refractivity contribution is 6.74. The van der Waals surface area contributed by atoms with E-state index in [-0.39, 0.29) is 22.5 Å². The molecule has 1 fully saturated rings. The third-order valence-electron chi connectivity index (χ3n) is 5.65. The van der Waals surface area contributed by atoms with Crippen LogP contribution in [0, 0.1) is 5.41 Å². The second-order valence-electron chi connectivity index (χ2n) is 8.37. The van der Waals surface area contributed by atoms with Crippen LogP contribution in [0.2, 0.25) is 18.1 Å². The molecule has 0 N–H and O–H groups in total. The van der Waals surface area contributed by atoms with Gasteiger partial charge in [0.1, 0.15) is 0 Å². The maximum atomic E-state index is 12.5. The van der Waals surface area contributed by atoms with Crippen LogP contribution >= 0.6 is 11.6 Å². The van der Waals surface area contributed by atoms with Crippen molar-refractivity contribution >= 4 is 25.9 Å². The van der Waals surface area contributed by atoms with Gasteiger partial charge in [-0.15, -0.1) is 11.6 Å². The molecule has 5 heteroatoms. The minimum atomic E-state index is -1.74. The Balaban J connectivity index is 2.70. The van der Waals surface area contributed by atoms with E-state index >= 15 is 0 Å². The Morgan fingerprint density at radius 2 is 1.83 bits per heavy atom. The number of carbonyl (C=O) groups excluding carboxylic acids is 1. The first-order valence-electron chi connectivity index (χ1n) is 8.99. The van der Waals surface area contributed by atoms with Gasteiger partial charge in [-0.05, 0) is 63.6 Å². The molecule has 0 bridgehead atoms. The minimum Gasteiger partial charge on any atom is -0.466 e. The zero-order valence-corrected chi connectivity index (χ0v) is 17.6. The third kappa shape index (κ3) is 5.47. The van der Waals surface area contributed by atoms with Gasteiger partial charge in [0.2, 0.25) is 0 Å². The molecule has 0 unspecified atom stereocenters. The van der Waals surface area contributed by atoms with Crippen molar-refractivity contribution in [2.24, 2.45) is 5.41 Å². The Bertz CT molecular complexity index is 382. The zero-order valence-electron chi connectivity index (χ0n) is 15.8. The lowest BCUT2D eigenvalue weighted by molar-refractivity contribution is -0.159. The standard InChI is InChI=1S/C18H35ClO3Si/c1-7-21-16(20)18(11-8-14-19)12-9-15(10-13-18)22-23(5,6)17(2,3)4/h15H,7-14H2,1-6H3. The van der Waals surface area contributed by atoms with Gasteiger partial charge in [-0.1, -0.05) is 20.8 Å². The second kappa shape index (κ2) is 8.35. The third-order valence-corrected chi connectivity index (χ3v) is 10.5. The van der Waals surface area contributed by atoms with Crippen LogP contribution in [-0.4, -0.2) is 32.9 Å². The van der Waals surface area contributed by atoms with Crippen LogP contribution in [0.3, 0.4) is 0 Å². The number of halogens is 1. The van der Waals surface area contributed by atoms with Gasteiger partial charge in [0, 0.05) is 12.0 Å². The molecule has 0 atom stereocenters. The van der Waals surface area contributed by atoms with Crippen LogP contribution in [0.1, 0.15) is 66.2 Å². The Labute approximate surface area is 148 Å². The molecular formula is C18H35ClO3Si. The molecular weight excluding hydrogens is 328 g/mol. The molecule has 0 amide bonds. The molecule has 1 aliphatic rings. The topological polar surface area (TPSA) is 35.5 Å². The van der Waals surface area contributed by atoms with Gasteiger partial charge >= 0.3 is 5.97 Å². The van der Waals surface area contributed by atoms with Crippen molar-refractivity contribution in [3.8, 4) is 0 Å². The van der Waals surface area contributed by atoms with Crippen LogP contribution in [0.25, 0.3) is 0 Å². The Hall–Kier alpha value is -0.0631. The van der Waals surface area contributed by atoms with Gasteiger partial charge in [0.15, 0.2) is 8.32 Å². The normalized spacial score (nSPS) is 26.1. The first kappa shape index (κ1) is 21.0. The molecule has 136 valence electrons. The highest BCUT2D eigenvalue weighted by Crippen LogP contribution is 2.45. The Morgan fingerprint density at radius 1 is 1.26 bits per heavy atom. The fraction of sp³-hybridized carbons (Fsp3) is 0.944. The Kier molecular flexibility index (Phi) is 7.62. The van der Waals surface area contributed by atoms with Gasteiger partial charge in [-0.3, -0.25) is 4.79 Å². The Morgan fingerprint density at radius 3 is 2.26 bits per heavy atom. The van der Waals surface area contributed by atoms with Crippen molar-refractivity contribution in [1.29, 1.82) is 0 Å². The molecule has 0 saturated heterocycles. The zero-order chi connectivity index (χ0) is 17.7. The smallest absolute Gasteiger partial charge is 0.312 e. The lowest BCUT2D eigenvalue weighted by Gasteiger charge is -2.43. The van der Waals surface area contributed by atoms with Crippen LogP contribution in [0.15, 0.2) is 0 Å². The predicted molar refractivity (Wildman–Crippen MR) is 99.6 cm³/mol. The molecule has 1 saturated carbocycles. The summed E-state index contributed by atoms with van der Waals surface area (Å²) in [4.78, 5) is 12.5. The number of ether oxygens (including phenoxy) is 1. The van der Waals surface area contributed by atoms with Crippen LogP contribution < -0.4 is 0 Å². The quantitative estimate of drug-likeness (QED) is 0.340. The van der Waals surface area contributed by atoms with E-state index in [2.05, 4.69) is 33.9 Å². The van der Waals surface area contributed by atoms with Crippen LogP contribution in [-0.2, 0) is 14.0 Å². The van der Waals surface area contributed by atoms with Crippen molar-refractivity contribution in [2.75, 3.05) is 12.5 Å². The molecule has 0 radical (unpaired) electrons. The van der Waals surface area contributed by atoms with Gasteiger partial charge in [-0.2, -0.15) is 0 Å². The first-order valence-corrected chi connectivity index (χ1v) is 12.4. The van der Waals surface area contributed by atoms with Crippen molar-refractivity contribution in [1.82, 2.24) is 0 Å². The summed E-state index contributed by atoms with van der Waals surface area (Å²) in [6.07, 6.45) is 5.62. The largest absolute Gasteiger partial charge is 0.466 e. The van der Waals surface area contributed by atoms with E-state index in [1.54, 1.807) is 0 Å². The van der Waals surface area contributed by atoms with Crippen molar-refractivity contribution in [3.05, 3.63) is 0 Å². The first-order chi connectivity index (χ1) is 10.6. The summed E-state index contributed by atoms with van der Waals surface area (Å²) >= 11 is 5.86. The van der Waals surface area contributed by atoms with Crippen molar-refractivity contribution < 1.29 is 14.0 Å². The summed E-state index contributed by atoms with van der Waals surface area (Å²) in [7, 11) is -1.74. The van der Waals surface area contributed by atoms with E-state index in [0.717, 1.165) is 38.5 Å². The molecule has 0 aromatic carbocycles. The van der Waals surface area contributed by atoms with Gasteiger partial charge < -0.3 is 9.16 Å². The van der Waals surface area contributed by atoms with Crippen molar-refractivity contribution in [2.45, 2.75) is 90.5 Å². The molecule has 1 rings (SSSR count). The average Bonchev–Trinajstić information content (AvgIpc) is 2.45. The molecule has 23 heavy (non-hydrogen) atoms. The molecule has 0 spiro atoms. The molecule has 0 aromatic rings. The molecule has 1 aliphatic carbocycles. The van der Waals surface area contributed by atoms with E-state index in [1.165, 1.54) is 0 Å². The summed E-state index contributed by atoms with van der Waals surface area (Å²) in [6, 6.07) is 0. The van der Waals surface area contributed by atoms with Crippen LogP contribution in [0.5, 0.6) is 0 Å². The fourth-order valence-corrected chi connectivity index (χ4v) is 4.66. The molecule has 0 heterocycles. The van der Waals surface area contributed by atoms with E-state index in [9.17, 15) is 4.79 Å². The molecule has 0 aliphatic heterocycles. The maximum Gasteiger partial charge on any atom is 0.312 e.